The molecule has 4 atom stereocenters. The fourth-order valence-corrected chi connectivity index (χ4v) is 1.99. The summed E-state index contributed by atoms with van der Waals surface area (Å²) in [5.41, 5.74) is 1.60. The smallest absolute Gasteiger partial charge is 0.0837 e. The standard InChI is InChI=1S/C12H18O2/c1-5-6-10-7(2)11(13)9(4)12(14)8(10)3/h5-6,8-9,11-14H,1-2H2,3-4H3/b10-6+/t8-,9+,11-,12-/m1/s1. The van der Waals surface area contributed by atoms with Crippen LogP contribution in [0, 0.1) is 11.8 Å². The molecular formula is C12H18O2. The van der Waals surface area contributed by atoms with Crippen LogP contribution in [-0.4, -0.2) is 22.4 Å². The van der Waals surface area contributed by atoms with Gasteiger partial charge in [-0.1, -0.05) is 39.2 Å². The molecule has 0 aromatic rings. The van der Waals surface area contributed by atoms with Crippen molar-refractivity contribution in [2.45, 2.75) is 26.1 Å². The van der Waals surface area contributed by atoms with Crippen LogP contribution in [0.3, 0.4) is 0 Å². The summed E-state index contributed by atoms with van der Waals surface area (Å²) in [6, 6.07) is 0. The maximum atomic E-state index is 9.86. The molecule has 2 N–H and O–H groups in total. The fourth-order valence-electron chi connectivity index (χ4n) is 1.99. The monoisotopic (exact) mass is 194 g/mol. The molecule has 0 unspecified atom stereocenters. The summed E-state index contributed by atoms with van der Waals surface area (Å²) in [6.45, 7) is 11.2. The van der Waals surface area contributed by atoms with E-state index in [0.29, 0.717) is 5.57 Å². The van der Waals surface area contributed by atoms with Crippen molar-refractivity contribution in [2.75, 3.05) is 0 Å². The second-order valence-corrected chi connectivity index (χ2v) is 3.97. The van der Waals surface area contributed by atoms with Gasteiger partial charge in [0.25, 0.3) is 0 Å². The molecule has 14 heavy (non-hydrogen) atoms. The predicted molar refractivity (Wildman–Crippen MR) is 57.8 cm³/mol. The summed E-state index contributed by atoms with van der Waals surface area (Å²) < 4.78 is 0. The number of hydrogen-bond acceptors (Lipinski definition) is 2. The topological polar surface area (TPSA) is 40.5 Å². The second-order valence-electron chi connectivity index (χ2n) is 3.97. The van der Waals surface area contributed by atoms with Gasteiger partial charge in [-0.15, -0.1) is 0 Å². The van der Waals surface area contributed by atoms with Gasteiger partial charge in [-0.2, -0.15) is 0 Å². The van der Waals surface area contributed by atoms with E-state index in [4.69, 9.17) is 0 Å². The number of aliphatic hydroxyl groups is 2. The summed E-state index contributed by atoms with van der Waals surface area (Å²) in [4.78, 5) is 0. The maximum Gasteiger partial charge on any atom is 0.0837 e. The lowest BCUT2D eigenvalue weighted by molar-refractivity contribution is 0.00227. The van der Waals surface area contributed by atoms with Gasteiger partial charge in [0.15, 0.2) is 0 Å². The van der Waals surface area contributed by atoms with Crippen molar-refractivity contribution in [3.05, 3.63) is 36.5 Å². The molecule has 0 amide bonds. The molecule has 0 aliphatic heterocycles. The van der Waals surface area contributed by atoms with Gasteiger partial charge in [0.2, 0.25) is 0 Å². The van der Waals surface area contributed by atoms with Gasteiger partial charge >= 0.3 is 0 Å². The average molecular weight is 194 g/mol. The molecular weight excluding hydrogens is 176 g/mol. The van der Waals surface area contributed by atoms with Crippen LogP contribution in [-0.2, 0) is 0 Å². The third kappa shape index (κ3) is 1.68. The predicted octanol–water partition coefficient (Wildman–Crippen LogP) is 1.66. The lowest BCUT2D eigenvalue weighted by atomic mass is 9.73. The van der Waals surface area contributed by atoms with Crippen molar-refractivity contribution in [3.8, 4) is 0 Å². The van der Waals surface area contributed by atoms with Crippen molar-refractivity contribution in [1.82, 2.24) is 0 Å². The Morgan fingerprint density at radius 1 is 1.29 bits per heavy atom. The largest absolute Gasteiger partial charge is 0.392 e. The molecule has 2 heteroatoms. The zero-order valence-corrected chi connectivity index (χ0v) is 8.77. The first-order valence-corrected chi connectivity index (χ1v) is 4.88. The van der Waals surface area contributed by atoms with Gasteiger partial charge in [0.05, 0.1) is 12.2 Å². The fraction of sp³-hybridized carbons (Fsp3) is 0.500. The SMILES string of the molecule is C=C/C=C1\C(=C)[C@@H](O)[C@H](C)[C@H](O)[C@@H]1C. The first-order chi connectivity index (χ1) is 6.50. The van der Waals surface area contributed by atoms with E-state index in [1.807, 2.05) is 19.9 Å². The van der Waals surface area contributed by atoms with Gasteiger partial charge in [0.1, 0.15) is 0 Å². The maximum absolute atomic E-state index is 9.86. The Bertz CT molecular complexity index is 278. The second kappa shape index (κ2) is 4.11. The van der Waals surface area contributed by atoms with E-state index in [1.54, 1.807) is 6.08 Å². The third-order valence-corrected chi connectivity index (χ3v) is 3.06. The molecule has 1 saturated carbocycles. The molecule has 1 fully saturated rings. The van der Waals surface area contributed by atoms with Crippen molar-refractivity contribution in [3.63, 3.8) is 0 Å². The zero-order chi connectivity index (χ0) is 10.9. The van der Waals surface area contributed by atoms with E-state index in [1.165, 1.54) is 0 Å². The number of rotatable bonds is 1. The van der Waals surface area contributed by atoms with Gasteiger partial charge in [-0.05, 0) is 11.1 Å². The Balaban J connectivity index is 3.04. The van der Waals surface area contributed by atoms with Crippen LogP contribution in [0.1, 0.15) is 13.8 Å². The van der Waals surface area contributed by atoms with E-state index in [9.17, 15) is 10.2 Å². The van der Waals surface area contributed by atoms with Crippen LogP contribution in [0.5, 0.6) is 0 Å². The molecule has 0 aromatic carbocycles. The van der Waals surface area contributed by atoms with Crippen molar-refractivity contribution < 1.29 is 10.2 Å². The van der Waals surface area contributed by atoms with Gasteiger partial charge in [-0.25, -0.2) is 0 Å². The average Bonchev–Trinajstić information content (AvgIpc) is 2.19. The van der Waals surface area contributed by atoms with Crippen molar-refractivity contribution in [1.29, 1.82) is 0 Å². The molecule has 1 rings (SSSR count). The Hall–Kier alpha value is -0.860. The molecule has 0 aromatic heterocycles. The Kier molecular flexibility index (Phi) is 3.29. The first kappa shape index (κ1) is 11.2. The van der Waals surface area contributed by atoms with E-state index in [-0.39, 0.29) is 11.8 Å². The summed E-state index contributed by atoms with van der Waals surface area (Å²) in [6.07, 6.45) is 2.31. The van der Waals surface area contributed by atoms with Crippen LogP contribution in [0.2, 0.25) is 0 Å². The zero-order valence-electron chi connectivity index (χ0n) is 8.77. The Morgan fingerprint density at radius 2 is 1.86 bits per heavy atom. The molecule has 2 nitrogen and oxygen atoms in total. The van der Waals surface area contributed by atoms with E-state index in [2.05, 4.69) is 13.2 Å². The highest BCUT2D eigenvalue weighted by molar-refractivity contribution is 5.39. The molecule has 0 heterocycles. The number of hydrogen-bond donors (Lipinski definition) is 2. The molecule has 0 radical (unpaired) electrons. The van der Waals surface area contributed by atoms with Crippen LogP contribution in [0.4, 0.5) is 0 Å². The third-order valence-electron chi connectivity index (χ3n) is 3.06. The summed E-state index contributed by atoms with van der Waals surface area (Å²) in [5.74, 6) is -0.140. The molecule has 78 valence electrons. The highest BCUT2D eigenvalue weighted by Crippen LogP contribution is 2.36. The lowest BCUT2D eigenvalue weighted by Gasteiger charge is -2.38. The first-order valence-electron chi connectivity index (χ1n) is 4.88. The minimum atomic E-state index is -0.646. The van der Waals surface area contributed by atoms with E-state index >= 15 is 0 Å². The highest BCUT2D eigenvalue weighted by Gasteiger charge is 2.37. The minimum absolute atomic E-state index is 0.0129. The van der Waals surface area contributed by atoms with Crippen molar-refractivity contribution in [2.24, 2.45) is 11.8 Å². The highest BCUT2D eigenvalue weighted by atomic mass is 16.3. The normalized spacial score (nSPS) is 41.4. The molecule has 0 bridgehead atoms. The quantitative estimate of drug-likeness (QED) is 0.666. The lowest BCUT2D eigenvalue weighted by Crippen LogP contribution is -2.41. The van der Waals surface area contributed by atoms with Gasteiger partial charge in [0, 0.05) is 11.8 Å². The van der Waals surface area contributed by atoms with Crippen LogP contribution < -0.4 is 0 Å². The summed E-state index contributed by atoms with van der Waals surface area (Å²) >= 11 is 0. The Morgan fingerprint density at radius 3 is 2.36 bits per heavy atom. The van der Waals surface area contributed by atoms with E-state index < -0.39 is 12.2 Å². The molecule has 0 spiro atoms. The van der Waals surface area contributed by atoms with Crippen LogP contribution in [0.25, 0.3) is 0 Å². The van der Waals surface area contributed by atoms with Crippen molar-refractivity contribution >= 4 is 0 Å². The van der Waals surface area contributed by atoms with E-state index in [0.717, 1.165) is 5.57 Å². The summed E-state index contributed by atoms with van der Waals surface area (Å²) in [7, 11) is 0. The molecule has 0 saturated heterocycles. The van der Waals surface area contributed by atoms with Gasteiger partial charge < -0.3 is 10.2 Å². The molecule has 1 aliphatic rings. The summed E-state index contributed by atoms with van der Waals surface area (Å²) in [5, 5.41) is 19.7. The molecule has 1 aliphatic carbocycles. The Labute approximate surface area is 85.3 Å². The van der Waals surface area contributed by atoms with Crippen LogP contribution in [0.15, 0.2) is 36.5 Å². The van der Waals surface area contributed by atoms with Crippen LogP contribution >= 0.6 is 0 Å². The number of allylic oxidation sites excluding steroid dienone is 2. The minimum Gasteiger partial charge on any atom is -0.392 e. The number of aliphatic hydroxyl groups excluding tert-OH is 2. The van der Waals surface area contributed by atoms with Gasteiger partial charge in [-0.3, -0.25) is 0 Å².